The second-order valence-electron chi connectivity index (χ2n) is 8.33. The quantitative estimate of drug-likeness (QED) is 0.714. The van der Waals surface area contributed by atoms with Crippen LogP contribution in [0, 0.1) is 11.8 Å². The topological polar surface area (TPSA) is 72.9 Å². The van der Waals surface area contributed by atoms with Crippen LogP contribution in [0.1, 0.15) is 25.7 Å². The Labute approximate surface area is 187 Å². The number of rotatable bonds is 5. The molecule has 1 amide bonds. The molecule has 164 valence electrons. The fraction of sp³-hybridized carbons (Fsp3) is 0.417. The molecule has 7 heteroatoms. The van der Waals surface area contributed by atoms with Crippen LogP contribution in [0.2, 0.25) is 5.02 Å². The molecule has 6 nitrogen and oxygen atoms in total. The molecule has 0 unspecified atom stereocenters. The van der Waals surface area contributed by atoms with Gasteiger partial charge in [-0.1, -0.05) is 30.5 Å². The second kappa shape index (κ2) is 9.60. The van der Waals surface area contributed by atoms with E-state index in [1.54, 1.807) is 0 Å². The van der Waals surface area contributed by atoms with E-state index in [1.807, 2.05) is 42.5 Å². The Kier molecular flexibility index (Phi) is 6.66. The summed E-state index contributed by atoms with van der Waals surface area (Å²) in [4.78, 5) is 28.8. The van der Waals surface area contributed by atoms with Gasteiger partial charge in [-0.15, -0.1) is 0 Å². The summed E-state index contributed by atoms with van der Waals surface area (Å²) in [5.41, 5.74) is 2.97. The number of aliphatic carboxylic acids is 1. The molecule has 31 heavy (non-hydrogen) atoms. The van der Waals surface area contributed by atoms with Gasteiger partial charge < -0.3 is 20.2 Å². The van der Waals surface area contributed by atoms with Crippen molar-refractivity contribution in [1.29, 1.82) is 0 Å². The van der Waals surface area contributed by atoms with Crippen LogP contribution in [0.3, 0.4) is 0 Å². The van der Waals surface area contributed by atoms with Crippen LogP contribution in [0.4, 0.5) is 17.1 Å². The van der Waals surface area contributed by atoms with Gasteiger partial charge in [-0.05, 0) is 55.3 Å². The molecule has 2 aromatic carbocycles. The maximum atomic E-state index is 12.7. The SMILES string of the molecule is O=C(Nc1ccc(N2CCN(c3cccc(Cl)c3)CC2)cc1)[C@H]1CCCC[C@H]1C(=O)O. The van der Waals surface area contributed by atoms with Gasteiger partial charge in [0.05, 0.1) is 11.8 Å². The van der Waals surface area contributed by atoms with E-state index in [0.717, 1.165) is 55.4 Å². The summed E-state index contributed by atoms with van der Waals surface area (Å²) in [5.74, 6) is -2.09. The van der Waals surface area contributed by atoms with Crippen LogP contribution in [-0.2, 0) is 9.59 Å². The molecule has 2 aromatic rings. The number of carboxylic acid groups (broad SMARTS) is 1. The molecular weight excluding hydrogens is 414 g/mol. The van der Waals surface area contributed by atoms with Crippen LogP contribution in [0.5, 0.6) is 0 Å². The lowest BCUT2D eigenvalue weighted by molar-refractivity contribution is -0.147. The van der Waals surface area contributed by atoms with Gasteiger partial charge in [0.1, 0.15) is 0 Å². The molecule has 0 bridgehead atoms. The molecule has 1 aliphatic heterocycles. The van der Waals surface area contributed by atoms with E-state index in [9.17, 15) is 14.7 Å². The second-order valence-corrected chi connectivity index (χ2v) is 8.76. The van der Waals surface area contributed by atoms with Crippen molar-refractivity contribution >= 4 is 40.5 Å². The number of carbonyl (C=O) groups excluding carboxylic acids is 1. The number of anilines is 3. The molecule has 0 spiro atoms. The Hall–Kier alpha value is -2.73. The predicted octanol–water partition coefficient (Wildman–Crippen LogP) is 4.50. The number of carboxylic acids is 1. The summed E-state index contributed by atoms with van der Waals surface area (Å²) in [6, 6.07) is 15.8. The monoisotopic (exact) mass is 441 g/mol. The summed E-state index contributed by atoms with van der Waals surface area (Å²) < 4.78 is 0. The lowest BCUT2D eigenvalue weighted by Crippen LogP contribution is -2.46. The number of benzene rings is 2. The van der Waals surface area contributed by atoms with Crippen molar-refractivity contribution in [3.05, 3.63) is 53.6 Å². The molecule has 1 saturated carbocycles. The van der Waals surface area contributed by atoms with Crippen LogP contribution in [0.25, 0.3) is 0 Å². The van der Waals surface area contributed by atoms with E-state index in [4.69, 9.17) is 11.6 Å². The van der Waals surface area contributed by atoms with Gasteiger partial charge >= 0.3 is 5.97 Å². The van der Waals surface area contributed by atoms with Crippen molar-refractivity contribution in [3.63, 3.8) is 0 Å². The minimum absolute atomic E-state index is 0.185. The fourth-order valence-electron chi connectivity index (χ4n) is 4.63. The minimum Gasteiger partial charge on any atom is -0.481 e. The first-order chi connectivity index (χ1) is 15.0. The average Bonchev–Trinajstić information content (AvgIpc) is 2.79. The summed E-state index contributed by atoms with van der Waals surface area (Å²) in [6.07, 6.45) is 2.99. The zero-order valence-corrected chi connectivity index (χ0v) is 18.2. The summed E-state index contributed by atoms with van der Waals surface area (Å²) in [6.45, 7) is 3.63. The van der Waals surface area contributed by atoms with Crippen molar-refractivity contribution in [2.45, 2.75) is 25.7 Å². The number of carbonyl (C=O) groups is 2. The maximum absolute atomic E-state index is 12.7. The molecule has 0 radical (unpaired) electrons. The van der Waals surface area contributed by atoms with Gasteiger partial charge in [0.15, 0.2) is 0 Å². The highest BCUT2D eigenvalue weighted by molar-refractivity contribution is 6.30. The standard InChI is InChI=1S/C24H28ClN3O3/c25-17-4-3-5-20(16-17)28-14-12-27(13-15-28)19-10-8-18(9-11-19)26-23(29)21-6-1-2-7-22(21)24(30)31/h3-5,8-11,16,21-22H,1-2,6-7,12-15H2,(H,26,29)(H,30,31)/t21-,22+/m0/s1. The Morgan fingerprint density at radius 3 is 2.10 bits per heavy atom. The summed E-state index contributed by atoms with van der Waals surface area (Å²) in [5, 5.41) is 13.1. The fourth-order valence-corrected chi connectivity index (χ4v) is 4.81. The van der Waals surface area contributed by atoms with Gasteiger partial charge in [0, 0.05) is 48.3 Å². The minimum atomic E-state index is -0.868. The third-order valence-corrected chi connectivity index (χ3v) is 6.61. The lowest BCUT2D eigenvalue weighted by Gasteiger charge is -2.37. The number of hydrogen-bond donors (Lipinski definition) is 2. The molecule has 2 atom stereocenters. The number of halogens is 1. The highest BCUT2D eigenvalue weighted by Gasteiger charge is 2.35. The summed E-state index contributed by atoms with van der Waals surface area (Å²) in [7, 11) is 0. The van der Waals surface area contributed by atoms with E-state index in [2.05, 4.69) is 21.2 Å². The van der Waals surface area contributed by atoms with Gasteiger partial charge in [0.25, 0.3) is 0 Å². The zero-order valence-electron chi connectivity index (χ0n) is 17.5. The van der Waals surface area contributed by atoms with Crippen molar-refractivity contribution in [3.8, 4) is 0 Å². The third kappa shape index (κ3) is 5.13. The average molecular weight is 442 g/mol. The van der Waals surface area contributed by atoms with E-state index in [1.165, 1.54) is 0 Å². The molecule has 2 aliphatic rings. The zero-order chi connectivity index (χ0) is 21.8. The molecule has 1 heterocycles. The van der Waals surface area contributed by atoms with Crippen LogP contribution < -0.4 is 15.1 Å². The lowest BCUT2D eigenvalue weighted by atomic mass is 9.78. The smallest absolute Gasteiger partial charge is 0.307 e. The van der Waals surface area contributed by atoms with E-state index >= 15 is 0 Å². The van der Waals surface area contributed by atoms with Crippen molar-refractivity contribution in [2.24, 2.45) is 11.8 Å². The first kappa shape index (κ1) is 21.5. The predicted molar refractivity (Wildman–Crippen MR) is 124 cm³/mol. The van der Waals surface area contributed by atoms with Crippen molar-refractivity contribution in [1.82, 2.24) is 0 Å². The number of hydrogen-bond acceptors (Lipinski definition) is 4. The molecule has 2 fully saturated rings. The molecule has 0 aromatic heterocycles. The first-order valence-electron chi connectivity index (χ1n) is 10.9. The first-order valence-corrected chi connectivity index (χ1v) is 11.3. The van der Waals surface area contributed by atoms with Crippen LogP contribution >= 0.6 is 11.6 Å². The molecule has 2 N–H and O–H groups in total. The number of nitrogens with one attached hydrogen (secondary N) is 1. The van der Waals surface area contributed by atoms with Crippen molar-refractivity contribution < 1.29 is 14.7 Å². The van der Waals surface area contributed by atoms with Gasteiger partial charge in [-0.3, -0.25) is 9.59 Å². The maximum Gasteiger partial charge on any atom is 0.307 e. The van der Waals surface area contributed by atoms with Crippen LogP contribution in [-0.4, -0.2) is 43.2 Å². The van der Waals surface area contributed by atoms with E-state index in [0.29, 0.717) is 18.5 Å². The Morgan fingerprint density at radius 1 is 0.871 bits per heavy atom. The number of nitrogens with zero attached hydrogens (tertiary/aromatic N) is 2. The normalized spacial score (nSPS) is 21.6. The highest BCUT2D eigenvalue weighted by atomic mass is 35.5. The van der Waals surface area contributed by atoms with E-state index in [-0.39, 0.29) is 5.91 Å². The molecular formula is C24H28ClN3O3. The van der Waals surface area contributed by atoms with Gasteiger partial charge in [0.2, 0.25) is 5.91 Å². The third-order valence-electron chi connectivity index (χ3n) is 6.37. The number of piperazine rings is 1. The Morgan fingerprint density at radius 2 is 1.48 bits per heavy atom. The number of amides is 1. The van der Waals surface area contributed by atoms with E-state index < -0.39 is 17.8 Å². The molecule has 1 saturated heterocycles. The van der Waals surface area contributed by atoms with Crippen LogP contribution in [0.15, 0.2) is 48.5 Å². The molecule has 1 aliphatic carbocycles. The highest BCUT2D eigenvalue weighted by Crippen LogP contribution is 2.31. The Bertz CT molecular complexity index is 926. The Balaban J connectivity index is 1.33. The molecule has 4 rings (SSSR count). The van der Waals surface area contributed by atoms with Gasteiger partial charge in [-0.2, -0.15) is 0 Å². The largest absolute Gasteiger partial charge is 0.481 e. The summed E-state index contributed by atoms with van der Waals surface area (Å²) >= 11 is 6.12. The van der Waals surface area contributed by atoms with Gasteiger partial charge in [-0.25, -0.2) is 0 Å². The van der Waals surface area contributed by atoms with Crippen molar-refractivity contribution in [2.75, 3.05) is 41.3 Å².